The molecule has 21 heavy (non-hydrogen) atoms. The van der Waals surface area contributed by atoms with Gasteiger partial charge < -0.3 is 18.9 Å². The van der Waals surface area contributed by atoms with E-state index in [9.17, 15) is 0 Å². The molecular weight excluding hydrogens is 268 g/mol. The van der Waals surface area contributed by atoms with Crippen LogP contribution in [0.4, 0.5) is 0 Å². The van der Waals surface area contributed by atoms with Crippen LogP contribution in [-0.2, 0) is 14.2 Å². The molecule has 4 unspecified atom stereocenters. The minimum absolute atomic E-state index is 0. The Hall–Kier alpha value is -1.10. The molecular formula is C17H28O4. The SMILES string of the molecule is C.C.Cc1ccc(OC(C)COCC2OC2C2CO2)cc1. The van der Waals surface area contributed by atoms with Crippen LogP contribution in [0, 0.1) is 6.92 Å². The highest BCUT2D eigenvalue weighted by Gasteiger charge is 2.51. The number of epoxide rings is 2. The number of hydrogen-bond acceptors (Lipinski definition) is 4. The molecule has 0 N–H and O–H groups in total. The molecule has 1 aromatic carbocycles. The molecule has 0 amide bonds. The van der Waals surface area contributed by atoms with E-state index in [2.05, 4.69) is 6.92 Å². The van der Waals surface area contributed by atoms with Gasteiger partial charge in [-0.3, -0.25) is 0 Å². The highest BCUT2D eigenvalue weighted by molar-refractivity contribution is 5.26. The lowest BCUT2D eigenvalue weighted by molar-refractivity contribution is 0.0505. The van der Waals surface area contributed by atoms with Crippen LogP contribution in [-0.4, -0.2) is 44.2 Å². The van der Waals surface area contributed by atoms with Crippen molar-refractivity contribution in [1.29, 1.82) is 0 Å². The monoisotopic (exact) mass is 296 g/mol. The number of rotatable bonds is 7. The lowest BCUT2D eigenvalue weighted by Crippen LogP contribution is -2.21. The molecule has 2 aliphatic rings. The van der Waals surface area contributed by atoms with Crippen molar-refractivity contribution >= 4 is 0 Å². The normalized spacial score (nSPS) is 27.0. The van der Waals surface area contributed by atoms with Gasteiger partial charge in [0.25, 0.3) is 0 Å². The Morgan fingerprint density at radius 3 is 2.52 bits per heavy atom. The van der Waals surface area contributed by atoms with Gasteiger partial charge in [-0.2, -0.15) is 0 Å². The summed E-state index contributed by atoms with van der Waals surface area (Å²) in [6.45, 7) is 6.12. The Morgan fingerprint density at radius 2 is 1.90 bits per heavy atom. The van der Waals surface area contributed by atoms with Gasteiger partial charge in [-0.1, -0.05) is 32.5 Å². The molecule has 4 heteroatoms. The summed E-state index contributed by atoms with van der Waals surface area (Å²) >= 11 is 0. The second-order valence-electron chi connectivity index (χ2n) is 5.29. The van der Waals surface area contributed by atoms with Gasteiger partial charge in [0.1, 0.15) is 30.2 Å². The van der Waals surface area contributed by atoms with Crippen LogP contribution < -0.4 is 4.74 Å². The minimum atomic E-state index is 0. The number of ether oxygens (including phenoxy) is 4. The highest BCUT2D eigenvalue weighted by atomic mass is 16.7. The van der Waals surface area contributed by atoms with Gasteiger partial charge in [-0.05, 0) is 26.0 Å². The summed E-state index contributed by atoms with van der Waals surface area (Å²) in [6.07, 6.45) is 0.860. The average Bonchev–Trinajstić information content (AvgIpc) is 3.24. The fourth-order valence-electron chi connectivity index (χ4n) is 2.10. The fraction of sp³-hybridized carbons (Fsp3) is 0.647. The molecule has 2 aliphatic heterocycles. The van der Waals surface area contributed by atoms with Crippen LogP contribution in [0.2, 0.25) is 0 Å². The number of aryl methyl sites for hydroxylation is 1. The first-order chi connectivity index (χ1) is 9.22. The predicted molar refractivity (Wildman–Crippen MR) is 84.0 cm³/mol. The van der Waals surface area contributed by atoms with Crippen LogP contribution in [0.3, 0.4) is 0 Å². The van der Waals surface area contributed by atoms with Crippen molar-refractivity contribution in [2.24, 2.45) is 0 Å². The summed E-state index contributed by atoms with van der Waals surface area (Å²) in [6, 6.07) is 8.05. The van der Waals surface area contributed by atoms with Crippen molar-refractivity contribution in [2.45, 2.75) is 53.1 Å². The maximum Gasteiger partial charge on any atom is 0.119 e. The largest absolute Gasteiger partial charge is 0.488 e. The third-order valence-electron chi connectivity index (χ3n) is 3.34. The summed E-state index contributed by atoms with van der Waals surface area (Å²) in [5, 5.41) is 0. The minimum Gasteiger partial charge on any atom is -0.488 e. The van der Waals surface area contributed by atoms with Crippen LogP contribution in [0.25, 0.3) is 0 Å². The highest BCUT2D eigenvalue weighted by Crippen LogP contribution is 2.33. The Morgan fingerprint density at radius 1 is 1.24 bits per heavy atom. The molecule has 0 saturated carbocycles. The molecule has 120 valence electrons. The smallest absolute Gasteiger partial charge is 0.119 e. The maximum atomic E-state index is 5.77. The second kappa shape index (κ2) is 7.78. The molecule has 0 spiro atoms. The van der Waals surface area contributed by atoms with E-state index in [0.29, 0.717) is 19.3 Å². The van der Waals surface area contributed by atoms with E-state index in [0.717, 1.165) is 12.4 Å². The van der Waals surface area contributed by atoms with Gasteiger partial charge in [0.2, 0.25) is 0 Å². The zero-order valence-electron chi connectivity index (χ0n) is 11.4. The third kappa shape index (κ3) is 5.30. The van der Waals surface area contributed by atoms with Crippen LogP contribution in [0.1, 0.15) is 27.3 Å². The summed E-state index contributed by atoms with van der Waals surface area (Å²) in [5.41, 5.74) is 1.23. The van der Waals surface area contributed by atoms with E-state index in [1.54, 1.807) is 0 Å². The molecule has 3 rings (SSSR count). The maximum absolute atomic E-state index is 5.77. The van der Waals surface area contributed by atoms with E-state index in [4.69, 9.17) is 18.9 Å². The molecule has 2 saturated heterocycles. The van der Waals surface area contributed by atoms with Gasteiger partial charge in [0, 0.05) is 0 Å². The predicted octanol–water partition coefficient (Wildman–Crippen LogP) is 3.22. The molecule has 0 aliphatic carbocycles. The van der Waals surface area contributed by atoms with Crippen molar-refractivity contribution in [3.8, 4) is 5.75 Å². The Labute approximate surface area is 128 Å². The van der Waals surface area contributed by atoms with Gasteiger partial charge in [0.05, 0.1) is 19.8 Å². The summed E-state index contributed by atoms with van der Waals surface area (Å²) in [4.78, 5) is 0. The standard InChI is InChI=1S/C15H20O4.2CH4/c1-10-3-5-12(6-4-10)18-11(2)7-16-8-14-15(19-14)13-9-17-13;;/h3-6,11,13-15H,7-9H2,1-2H3;2*1H4. The van der Waals surface area contributed by atoms with Crippen molar-refractivity contribution in [3.05, 3.63) is 29.8 Å². The Bertz CT molecular complexity index is 413. The molecule has 4 atom stereocenters. The van der Waals surface area contributed by atoms with Crippen molar-refractivity contribution in [2.75, 3.05) is 19.8 Å². The zero-order chi connectivity index (χ0) is 13.2. The topological polar surface area (TPSA) is 43.5 Å². The fourth-order valence-corrected chi connectivity index (χ4v) is 2.10. The van der Waals surface area contributed by atoms with E-state index < -0.39 is 0 Å². The molecule has 1 aromatic rings. The summed E-state index contributed by atoms with van der Waals surface area (Å²) < 4.78 is 22.0. The van der Waals surface area contributed by atoms with Gasteiger partial charge >= 0.3 is 0 Å². The Kier molecular flexibility index (Phi) is 6.65. The van der Waals surface area contributed by atoms with Gasteiger partial charge in [-0.15, -0.1) is 0 Å². The lowest BCUT2D eigenvalue weighted by atomic mass is 10.2. The van der Waals surface area contributed by atoms with Crippen LogP contribution >= 0.6 is 0 Å². The quantitative estimate of drug-likeness (QED) is 0.725. The van der Waals surface area contributed by atoms with Gasteiger partial charge in [0.15, 0.2) is 0 Å². The second-order valence-corrected chi connectivity index (χ2v) is 5.29. The van der Waals surface area contributed by atoms with Crippen LogP contribution in [0.5, 0.6) is 5.75 Å². The first-order valence-electron chi connectivity index (χ1n) is 6.80. The summed E-state index contributed by atoms with van der Waals surface area (Å²) in [5.74, 6) is 0.883. The van der Waals surface area contributed by atoms with Gasteiger partial charge in [-0.25, -0.2) is 0 Å². The molecule has 0 radical (unpaired) electrons. The van der Waals surface area contributed by atoms with E-state index in [1.807, 2.05) is 31.2 Å². The third-order valence-corrected chi connectivity index (χ3v) is 3.34. The van der Waals surface area contributed by atoms with E-state index in [-0.39, 0.29) is 33.2 Å². The zero-order valence-corrected chi connectivity index (χ0v) is 11.4. The first-order valence-corrected chi connectivity index (χ1v) is 6.80. The average molecular weight is 296 g/mol. The lowest BCUT2D eigenvalue weighted by Gasteiger charge is -2.14. The molecule has 0 aromatic heterocycles. The number of benzene rings is 1. The van der Waals surface area contributed by atoms with Crippen molar-refractivity contribution < 1.29 is 18.9 Å². The van der Waals surface area contributed by atoms with Crippen molar-refractivity contribution in [3.63, 3.8) is 0 Å². The van der Waals surface area contributed by atoms with E-state index >= 15 is 0 Å². The van der Waals surface area contributed by atoms with Crippen molar-refractivity contribution in [1.82, 2.24) is 0 Å². The Balaban J connectivity index is 0.00000110. The molecule has 2 heterocycles. The molecule has 0 bridgehead atoms. The molecule has 2 fully saturated rings. The summed E-state index contributed by atoms with van der Waals surface area (Å²) in [7, 11) is 0. The first kappa shape index (κ1) is 18.0. The van der Waals surface area contributed by atoms with Crippen LogP contribution in [0.15, 0.2) is 24.3 Å². The van der Waals surface area contributed by atoms with E-state index in [1.165, 1.54) is 5.56 Å². The number of hydrogen-bond donors (Lipinski definition) is 0. The molecule has 4 nitrogen and oxygen atoms in total.